The van der Waals surface area contributed by atoms with Crippen LogP contribution in [0.1, 0.15) is 43.6 Å². The minimum absolute atomic E-state index is 0.0303. The molecule has 1 aromatic rings. The Morgan fingerprint density at radius 1 is 1.20 bits per heavy atom. The van der Waals surface area contributed by atoms with E-state index in [4.69, 9.17) is 4.74 Å². The van der Waals surface area contributed by atoms with Crippen LogP contribution >= 0.6 is 0 Å². The lowest BCUT2D eigenvalue weighted by atomic mass is 9.97. The molecule has 1 aliphatic rings. The molecule has 20 heavy (non-hydrogen) atoms. The molecule has 1 N–H and O–H groups in total. The maximum absolute atomic E-state index is 12.7. The third kappa shape index (κ3) is 3.12. The predicted octanol–water partition coefficient (Wildman–Crippen LogP) is 2.73. The second kappa shape index (κ2) is 4.77. The zero-order chi connectivity index (χ0) is 15.1. The molecule has 0 radical (unpaired) electrons. The summed E-state index contributed by atoms with van der Waals surface area (Å²) < 4.78 is 5.97. The number of carbonyl (C=O) groups excluding carboxylic acids is 1. The van der Waals surface area contributed by atoms with Crippen LogP contribution in [0, 0.1) is 6.92 Å². The van der Waals surface area contributed by atoms with Crippen LogP contribution in [0.4, 0.5) is 0 Å². The molecule has 1 saturated heterocycles. The number of nitrogens with zero attached hydrogens (tertiary/aromatic N) is 1. The van der Waals surface area contributed by atoms with Crippen LogP contribution in [-0.2, 0) is 4.74 Å². The molecule has 0 unspecified atom stereocenters. The van der Waals surface area contributed by atoms with Crippen molar-refractivity contribution in [2.24, 2.45) is 0 Å². The Morgan fingerprint density at radius 2 is 1.75 bits per heavy atom. The highest BCUT2D eigenvalue weighted by Crippen LogP contribution is 2.30. The number of phenols is 1. The molecule has 0 bridgehead atoms. The van der Waals surface area contributed by atoms with E-state index in [-0.39, 0.29) is 11.7 Å². The van der Waals surface area contributed by atoms with E-state index in [1.807, 2.05) is 34.6 Å². The van der Waals surface area contributed by atoms with Crippen molar-refractivity contribution in [3.63, 3.8) is 0 Å². The Balaban J connectivity index is 2.31. The van der Waals surface area contributed by atoms with Crippen LogP contribution in [0.3, 0.4) is 0 Å². The number of ether oxygens (including phenoxy) is 1. The molecular formula is C16H23NO3. The minimum atomic E-state index is -0.392. The molecule has 0 aliphatic carbocycles. The van der Waals surface area contributed by atoms with Crippen molar-refractivity contribution < 1.29 is 14.6 Å². The number of benzene rings is 1. The van der Waals surface area contributed by atoms with Gasteiger partial charge in [-0.3, -0.25) is 4.79 Å². The van der Waals surface area contributed by atoms with Gasteiger partial charge < -0.3 is 14.7 Å². The highest BCUT2D eigenvalue weighted by Gasteiger charge is 2.40. The topological polar surface area (TPSA) is 49.8 Å². The molecule has 110 valence electrons. The summed E-state index contributed by atoms with van der Waals surface area (Å²) in [5.74, 6) is -0.113. The van der Waals surface area contributed by atoms with Gasteiger partial charge in [-0.25, -0.2) is 0 Å². The molecule has 1 amide bonds. The maximum atomic E-state index is 12.7. The highest BCUT2D eigenvalue weighted by molar-refractivity contribution is 5.97. The lowest BCUT2D eigenvalue weighted by Gasteiger charge is -2.47. The molecule has 2 rings (SSSR count). The fourth-order valence-corrected chi connectivity index (χ4v) is 2.92. The van der Waals surface area contributed by atoms with Gasteiger partial charge in [0.2, 0.25) is 0 Å². The van der Waals surface area contributed by atoms with E-state index in [2.05, 4.69) is 0 Å². The summed E-state index contributed by atoms with van der Waals surface area (Å²) in [6.07, 6.45) is 0. The van der Waals surface area contributed by atoms with Gasteiger partial charge in [-0.05, 0) is 46.8 Å². The number of rotatable bonds is 1. The molecule has 0 saturated carbocycles. The van der Waals surface area contributed by atoms with E-state index in [0.29, 0.717) is 18.7 Å². The van der Waals surface area contributed by atoms with E-state index in [9.17, 15) is 9.90 Å². The van der Waals surface area contributed by atoms with Crippen LogP contribution in [0.2, 0.25) is 0 Å². The Morgan fingerprint density at radius 3 is 2.30 bits per heavy atom. The summed E-state index contributed by atoms with van der Waals surface area (Å²) >= 11 is 0. The van der Waals surface area contributed by atoms with Gasteiger partial charge in [0.25, 0.3) is 5.91 Å². The van der Waals surface area contributed by atoms with Crippen LogP contribution in [0.25, 0.3) is 0 Å². The van der Waals surface area contributed by atoms with Crippen molar-refractivity contribution in [1.29, 1.82) is 0 Å². The standard InChI is InChI=1S/C16H23NO3/c1-11-6-7-13(18)12(8-11)14(19)17-9-15(2,3)20-16(4,5)10-17/h6-8,18H,9-10H2,1-5H3. The van der Waals surface area contributed by atoms with Gasteiger partial charge in [0.05, 0.1) is 16.8 Å². The second-order valence-electron chi connectivity index (χ2n) is 6.80. The number of aryl methyl sites for hydroxylation is 1. The Bertz CT molecular complexity index is 519. The van der Waals surface area contributed by atoms with Gasteiger partial charge in [0.1, 0.15) is 5.75 Å². The molecule has 0 spiro atoms. The van der Waals surface area contributed by atoms with Crippen LogP contribution in [-0.4, -0.2) is 40.2 Å². The summed E-state index contributed by atoms with van der Waals surface area (Å²) in [7, 11) is 0. The first-order chi connectivity index (χ1) is 9.10. The van der Waals surface area contributed by atoms with Crippen molar-refractivity contribution in [2.45, 2.75) is 45.8 Å². The number of hydrogen-bond acceptors (Lipinski definition) is 3. The zero-order valence-electron chi connectivity index (χ0n) is 12.9. The molecule has 1 heterocycles. The summed E-state index contributed by atoms with van der Waals surface area (Å²) in [6, 6.07) is 5.09. The first-order valence-electron chi connectivity index (χ1n) is 6.89. The number of amides is 1. The average Bonchev–Trinajstić information content (AvgIpc) is 2.27. The lowest BCUT2D eigenvalue weighted by molar-refractivity contribution is -0.171. The van der Waals surface area contributed by atoms with Gasteiger partial charge in [-0.15, -0.1) is 0 Å². The molecule has 1 aliphatic heterocycles. The molecule has 4 heteroatoms. The summed E-state index contributed by atoms with van der Waals surface area (Å²) in [5.41, 5.74) is 0.532. The first kappa shape index (κ1) is 14.9. The Labute approximate surface area is 120 Å². The smallest absolute Gasteiger partial charge is 0.257 e. The number of carbonyl (C=O) groups is 1. The number of hydrogen-bond donors (Lipinski definition) is 1. The fourth-order valence-electron chi connectivity index (χ4n) is 2.92. The predicted molar refractivity (Wildman–Crippen MR) is 78.0 cm³/mol. The molecule has 4 nitrogen and oxygen atoms in total. The highest BCUT2D eigenvalue weighted by atomic mass is 16.5. The fraction of sp³-hybridized carbons (Fsp3) is 0.562. The van der Waals surface area contributed by atoms with E-state index < -0.39 is 11.2 Å². The molecule has 1 aromatic carbocycles. The first-order valence-corrected chi connectivity index (χ1v) is 6.89. The minimum Gasteiger partial charge on any atom is -0.507 e. The van der Waals surface area contributed by atoms with Gasteiger partial charge >= 0.3 is 0 Å². The quantitative estimate of drug-likeness (QED) is 0.858. The van der Waals surface area contributed by atoms with Crippen LogP contribution < -0.4 is 0 Å². The third-order valence-corrected chi connectivity index (χ3v) is 3.37. The summed E-state index contributed by atoms with van der Waals surface area (Å²) in [5, 5.41) is 9.92. The molecular weight excluding hydrogens is 254 g/mol. The average molecular weight is 277 g/mol. The summed E-state index contributed by atoms with van der Waals surface area (Å²) in [6.45, 7) is 10.8. The lowest BCUT2D eigenvalue weighted by Crippen LogP contribution is -2.58. The number of morpholine rings is 1. The monoisotopic (exact) mass is 277 g/mol. The molecule has 0 aromatic heterocycles. The largest absolute Gasteiger partial charge is 0.507 e. The normalized spacial score (nSPS) is 20.8. The van der Waals surface area contributed by atoms with Crippen LogP contribution in [0.5, 0.6) is 5.75 Å². The number of phenolic OH excluding ortho intramolecular Hbond substituents is 1. The van der Waals surface area contributed by atoms with Gasteiger partial charge in [-0.2, -0.15) is 0 Å². The summed E-state index contributed by atoms with van der Waals surface area (Å²) in [4.78, 5) is 14.4. The van der Waals surface area contributed by atoms with Crippen molar-refractivity contribution >= 4 is 5.91 Å². The van der Waals surface area contributed by atoms with Crippen molar-refractivity contribution in [3.8, 4) is 5.75 Å². The SMILES string of the molecule is Cc1ccc(O)c(C(=O)N2CC(C)(C)OC(C)(C)C2)c1. The molecule has 1 fully saturated rings. The molecule has 0 atom stereocenters. The van der Waals surface area contributed by atoms with E-state index >= 15 is 0 Å². The Kier molecular flexibility index (Phi) is 3.54. The zero-order valence-corrected chi connectivity index (χ0v) is 12.9. The number of aromatic hydroxyl groups is 1. The van der Waals surface area contributed by atoms with Crippen molar-refractivity contribution in [3.05, 3.63) is 29.3 Å². The van der Waals surface area contributed by atoms with E-state index in [0.717, 1.165) is 5.56 Å². The van der Waals surface area contributed by atoms with Gasteiger partial charge in [-0.1, -0.05) is 11.6 Å². The van der Waals surface area contributed by atoms with Gasteiger partial charge in [0.15, 0.2) is 0 Å². The van der Waals surface area contributed by atoms with E-state index in [1.54, 1.807) is 23.1 Å². The maximum Gasteiger partial charge on any atom is 0.257 e. The second-order valence-corrected chi connectivity index (χ2v) is 6.80. The van der Waals surface area contributed by atoms with E-state index in [1.165, 1.54) is 0 Å². The Hall–Kier alpha value is -1.55. The third-order valence-electron chi connectivity index (χ3n) is 3.37. The van der Waals surface area contributed by atoms with Gasteiger partial charge in [0, 0.05) is 13.1 Å². The van der Waals surface area contributed by atoms with Crippen molar-refractivity contribution in [1.82, 2.24) is 4.90 Å². The van der Waals surface area contributed by atoms with Crippen molar-refractivity contribution in [2.75, 3.05) is 13.1 Å². The van der Waals surface area contributed by atoms with Crippen LogP contribution in [0.15, 0.2) is 18.2 Å².